The van der Waals surface area contributed by atoms with E-state index < -0.39 is 0 Å². The Balaban J connectivity index is 2.06. The molecule has 1 saturated carbocycles. The molecule has 0 aromatic carbocycles. The number of rotatable bonds is 7. The molecule has 0 aromatic heterocycles. The van der Waals surface area contributed by atoms with Crippen molar-refractivity contribution in [3.05, 3.63) is 0 Å². The molecular formula is C13H24N2O3. The van der Waals surface area contributed by atoms with E-state index in [1.807, 2.05) is 6.92 Å². The Hall–Kier alpha value is -1.10. The molecule has 1 fully saturated rings. The largest absolute Gasteiger partial charge is 0.396 e. The third-order valence-corrected chi connectivity index (χ3v) is 3.34. The molecule has 0 saturated heterocycles. The van der Waals surface area contributed by atoms with E-state index in [4.69, 9.17) is 5.11 Å². The van der Waals surface area contributed by atoms with Crippen molar-refractivity contribution in [2.45, 2.75) is 39.0 Å². The molecule has 1 unspecified atom stereocenters. The molecule has 0 heterocycles. The van der Waals surface area contributed by atoms with E-state index in [0.29, 0.717) is 19.5 Å². The van der Waals surface area contributed by atoms with Crippen LogP contribution in [-0.4, -0.2) is 36.6 Å². The van der Waals surface area contributed by atoms with E-state index in [-0.39, 0.29) is 30.3 Å². The monoisotopic (exact) mass is 256 g/mol. The van der Waals surface area contributed by atoms with Gasteiger partial charge in [-0.05, 0) is 18.8 Å². The van der Waals surface area contributed by atoms with Gasteiger partial charge in [0, 0.05) is 32.0 Å². The minimum atomic E-state index is -0.0815. The Morgan fingerprint density at radius 2 is 1.94 bits per heavy atom. The van der Waals surface area contributed by atoms with Crippen LogP contribution in [0.4, 0.5) is 0 Å². The zero-order chi connectivity index (χ0) is 13.4. The topological polar surface area (TPSA) is 78.4 Å². The number of hydrogen-bond acceptors (Lipinski definition) is 3. The highest BCUT2D eigenvalue weighted by atomic mass is 16.3. The number of hydrogen-bond donors (Lipinski definition) is 3. The summed E-state index contributed by atoms with van der Waals surface area (Å²) in [6.07, 6.45) is 4.53. The highest BCUT2D eigenvalue weighted by molar-refractivity contribution is 5.80. The van der Waals surface area contributed by atoms with Crippen LogP contribution in [-0.2, 0) is 9.59 Å². The van der Waals surface area contributed by atoms with Crippen molar-refractivity contribution in [3.8, 4) is 0 Å². The lowest BCUT2D eigenvalue weighted by Gasteiger charge is -2.11. The molecule has 5 heteroatoms. The fourth-order valence-electron chi connectivity index (χ4n) is 2.07. The van der Waals surface area contributed by atoms with Crippen LogP contribution >= 0.6 is 0 Å². The number of aliphatic hydroxyl groups excluding tert-OH is 1. The number of carbonyl (C=O) groups excluding carboxylic acids is 2. The van der Waals surface area contributed by atoms with Crippen LogP contribution < -0.4 is 10.6 Å². The van der Waals surface area contributed by atoms with Gasteiger partial charge in [0.05, 0.1) is 0 Å². The summed E-state index contributed by atoms with van der Waals surface area (Å²) >= 11 is 0. The summed E-state index contributed by atoms with van der Waals surface area (Å²) in [6, 6.07) is 0. The van der Waals surface area contributed by atoms with E-state index in [1.165, 1.54) is 0 Å². The van der Waals surface area contributed by atoms with Crippen LogP contribution in [0.15, 0.2) is 0 Å². The quantitative estimate of drug-likeness (QED) is 0.618. The van der Waals surface area contributed by atoms with Crippen LogP contribution in [0.25, 0.3) is 0 Å². The van der Waals surface area contributed by atoms with Crippen molar-refractivity contribution < 1.29 is 14.7 Å². The van der Waals surface area contributed by atoms with Crippen LogP contribution in [0.1, 0.15) is 39.0 Å². The molecule has 1 aliphatic rings. The maximum Gasteiger partial charge on any atom is 0.223 e. The van der Waals surface area contributed by atoms with Crippen molar-refractivity contribution in [2.75, 3.05) is 19.7 Å². The molecule has 18 heavy (non-hydrogen) atoms. The van der Waals surface area contributed by atoms with E-state index >= 15 is 0 Å². The molecule has 0 aliphatic heterocycles. The van der Waals surface area contributed by atoms with Gasteiger partial charge in [-0.25, -0.2) is 0 Å². The van der Waals surface area contributed by atoms with E-state index in [1.54, 1.807) is 0 Å². The summed E-state index contributed by atoms with van der Waals surface area (Å²) in [7, 11) is 0. The highest BCUT2D eigenvalue weighted by Gasteiger charge is 2.22. The molecule has 2 amide bonds. The predicted molar refractivity (Wildman–Crippen MR) is 68.8 cm³/mol. The Morgan fingerprint density at radius 3 is 2.56 bits per heavy atom. The van der Waals surface area contributed by atoms with Crippen LogP contribution in [0.5, 0.6) is 0 Å². The normalized spacial score (nSPS) is 17.4. The smallest absolute Gasteiger partial charge is 0.223 e. The Morgan fingerprint density at radius 1 is 1.28 bits per heavy atom. The molecule has 3 N–H and O–H groups in total. The first kappa shape index (κ1) is 15.0. The first-order valence-corrected chi connectivity index (χ1v) is 6.78. The van der Waals surface area contributed by atoms with Crippen molar-refractivity contribution in [3.63, 3.8) is 0 Å². The summed E-state index contributed by atoms with van der Waals surface area (Å²) in [4.78, 5) is 23.1. The summed E-state index contributed by atoms with van der Waals surface area (Å²) in [5.41, 5.74) is 0. The Kier molecular flexibility index (Phi) is 6.72. The third-order valence-electron chi connectivity index (χ3n) is 3.34. The number of nitrogens with one attached hydrogen (secondary N) is 2. The lowest BCUT2D eigenvalue weighted by Crippen LogP contribution is -2.35. The second-order valence-corrected chi connectivity index (χ2v) is 5.11. The molecule has 1 atom stereocenters. The number of aliphatic hydroxyl groups is 1. The Labute approximate surface area is 108 Å². The minimum absolute atomic E-state index is 0.0682. The molecule has 1 rings (SSSR count). The number of carbonyl (C=O) groups is 2. The number of amides is 2. The van der Waals surface area contributed by atoms with Crippen molar-refractivity contribution >= 4 is 11.8 Å². The van der Waals surface area contributed by atoms with Gasteiger partial charge in [0.25, 0.3) is 0 Å². The van der Waals surface area contributed by atoms with Crippen molar-refractivity contribution in [1.82, 2.24) is 10.6 Å². The predicted octanol–water partition coefficient (Wildman–Crippen LogP) is 0.427. The average molecular weight is 256 g/mol. The molecular weight excluding hydrogens is 232 g/mol. The zero-order valence-corrected chi connectivity index (χ0v) is 11.1. The minimum Gasteiger partial charge on any atom is -0.396 e. The molecule has 0 bridgehead atoms. The van der Waals surface area contributed by atoms with E-state index in [2.05, 4.69) is 10.6 Å². The second kappa shape index (κ2) is 8.08. The third kappa shape index (κ3) is 5.49. The van der Waals surface area contributed by atoms with Crippen LogP contribution in [0, 0.1) is 11.8 Å². The molecule has 5 nitrogen and oxygen atoms in total. The van der Waals surface area contributed by atoms with Gasteiger partial charge in [-0.2, -0.15) is 0 Å². The van der Waals surface area contributed by atoms with E-state index in [9.17, 15) is 9.59 Å². The molecule has 0 spiro atoms. The van der Waals surface area contributed by atoms with E-state index in [0.717, 1.165) is 25.7 Å². The fraction of sp³-hybridized carbons (Fsp3) is 0.846. The maximum absolute atomic E-state index is 11.7. The van der Waals surface area contributed by atoms with Gasteiger partial charge in [0.15, 0.2) is 0 Å². The molecule has 1 aliphatic carbocycles. The summed E-state index contributed by atoms with van der Waals surface area (Å²) in [6.45, 7) is 2.81. The van der Waals surface area contributed by atoms with Gasteiger partial charge < -0.3 is 15.7 Å². The average Bonchev–Trinajstić information content (AvgIpc) is 2.89. The van der Waals surface area contributed by atoms with Crippen LogP contribution in [0.2, 0.25) is 0 Å². The van der Waals surface area contributed by atoms with Gasteiger partial charge in [0.2, 0.25) is 11.8 Å². The highest BCUT2D eigenvalue weighted by Crippen LogP contribution is 2.24. The summed E-state index contributed by atoms with van der Waals surface area (Å²) in [5.74, 6) is 0.232. The first-order chi connectivity index (χ1) is 8.63. The van der Waals surface area contributed by atoms with Crippen LogP contribution in [0.3, 0.4) is 0 Å². The summed E-state index contributed by atoms with van der Waals surface area (Å²) < 4.78 is 0. The zero-order valence-electron chi connectivity index (χ0n) is 11.1. The molecule has 0 radical (unpaired) electrons. The fourth-order valence-corrected chi connectivity index (χ4v) is 2.07. The SMILES string of the molecule is CC(CO)CNC(=O)CCNC(=O)C1CCCC1. The summed E-state index contributed by atoms with van der Waals surface area (Å²) in [5, 5.41) is 14.3. The standard InChI is InChI=1S/C13H24N2O3/c1-10(9-16)8-15-12(17)6-7-14-13(18)11-4-2-3-5-11/h10-11,16H,2-9H2,1H3,(H,14,18)(H,15,17). The van der Waals surface area contributed by atoms with Gasteiger partial charge in [-0.3, -0.25) is 9.59 Å². The van der Waals surface area contributed by atoms with Gasteiger partial charge >= 0.3 is 0 Å². The second-order valence-electron chi connectivity index (χ2n) is 5.11. The van der Waals surface area contributed by atoms with Crippen molar-refractivity contribution in [1.29, 1.82) is 0 Å². The lowest BCUT2D eigenvalue weighted by molar-refractivity contribution is -0.125. The first-order valence-electron chi connectivity index (χ1n) is 6.78. The molecule has 0 aromatic rings. The van der Waals surface area contributed by atoms with Gasteiger partial charge in [-0.15, -0.1) is 0 Å². The van der Waals surface area contributed by atoms with Gasteiger partial charge in [-0.1, -0.05) is 19.8 Å². The van der Waals surface area contributed by atoms with Crippen molar-refractivity contribution in [2.24, 2.45) is 11.8 Å². The lowest BCUT2D eigenvalue weighted by atomic mass is 10.1. The Bertz CT molecular complexity index is 275. The van der Waals surface area contributed by atoms with Gasteiger partial charge in [0.1, 0.15) is 0 Å². The molecule has 104 valence electrons. The maximum atomic E-state index is 11.7.